The zero-order valence-electron chi connectivity index (χ0n) is 7.60. The molecule has 5 N–H and O–H groups in total. The van der Waals surface area contributed by atoms with Crippen molar-refractivity contribution >= 4 is 11.9 Å². The molecule has 0 aromatic rings. The fourth-order valence-corrected chi connectivity index (χ4v) is 1.26. The second-order valence-electron chi connectivity index (χ2n) is 3.00. The molecule has 1 fully saturated rings. The Morgan fingerprint density at radius 3 is 2.93 bits per heavy atom. The molecule has 0 aliphatic carbocycles. The molecule has 7 heteroatoms. The molecule has 0 bridgehead atoms. The molecule has 1 rings (SSSR count). The molecule has 1 aliphatic rings. The Kier molecular flexibility index (Phi) is 3.25. The van der Waals surface area contributed by atoms with Crippen LogP contribution in [0, 0.1) is 17.4 Å². The molecule has 0 aromatic carbocycles. The smallest absolute Gasteiger partial charge is 0.223 e. The van der Waals surface area contributed by atoms with E-state index in [1.807, 2.05) is 0 Å². The average molecular weight is 196 g/mol. The standard InChI is InChI=1S/C7H12N6O/c8-3-12-7(10)13-2-5(6(9)14)1-11-4-13/h5,11H,1-2,4H2,(H2,9,14)(H2,10,12). The van der Waals surface area contributed by atoms with Gasteiger partial charge in [-0.05, 0) is 0 Å². The lowest BCUT2D eigenvalue weighted by atomic mass is 10.1. The van der Waals surface area contributed by atoms with Gasteiger partial charge in [0.1, 0.15) is 0 Å². The predicted octanol–water partition coefficient (Wildman–Crippen LogP) is -2.25. The van der Waals surface area contributed by atoms with Crippen molar-refractivity contribution in [3.63, 3.8) is 0 Å². The van der Waals surface area contributed by atoms with E-state index in [1.54, 1.807) is 11.1 Å². The summed E-state index contributed by atoms with van der Waals surface area (Å²) in [6.07, 6.45) is 1.59. The van der Waals surface area contributed by atoms with E-state index in [0.29, 0.717) is 19.8 Å². The van der Waals surface area contributed by atoms with Gasteiger partial charge in [-0.25, -0.2) is 0 Å². The highest BCUT2D eigenvalue weighted by atomic mass is 16.1. The number of carbonyl (C=O) groups excluding carboxylic acids is 1. The SMILES string of the molecule is N#CN=C(N)N1CNCC(C(N)=O)C1. The normalized spacial score (nSPS) is 22.9. The Morgan fingerprint density at radius 2 is 2.36 bits per heavy atom. The monoisotopic (exact) mass is 196 g/mol. The summed E-state index contributed by atoms with van der Waals surface area (Å²) in [6.45, 7) is 1.41. The van der Waals surface area contributed by atoms with Gasteiger partial charge in [-0.1, -0.05) is 0 Å². The van der Waals surface area contributed by atoms with Crippen molar-refractivity contribution in [2.45, 2.75) is 0 Å². The molecule has 1 saturated heterocycles. The molecule has 76 valence electrons. The zero-order valence-corrected chi connectivity index (χ0v) is 7.60. The molecular weight excluding hydrogens is 184 g/mol. The van der Waals surface area contributed by atoms with Crippen LogP contribution in [0.5, 0.6) is 0 Å². The quantitative estimate of drug-likeness (QED) is 0.248. The van der Waals surface area contributed by atoms with Gasteiger partial charge in [0.15, 0.2) is 0 Å². The van der Waals surface area contributed by atoms with E-state index in [4.69, 9.17) is 16.7 Å². The van der Waals surface area contributed by atoms with Crippen molar-refractivity contribution in [2.24, 2.45) is 22.4 Å². The number of nitrogens with two attached hydrogens (primary N) is 2. The van der Waals surface area contributed by atoms with Crippen LogP contribution >= 0.6 is 0 Å². The molecule has 14 heavy (non-hydrogen) atoms. The molecule has 0 spiro atoms. The Labute approximate surface area is 81.4 Å². The van der Waals surface area contributed by atoms with E-state index < -0.39 is 0 Å². The summed E-state index contributed by atoms with van der Waals surface area (Å²) in [5, 5.41) is 11.2. The van der Waals surface area contributed by atoms with Gasteiger partial charge in [-0.15, -0.1) is 4.99 Å². The molecule has 0 aromatic heterocycles. The first-order valence-electron chi connectivity index (χ1n) is 4.12. The van der Waals surface area contributed by atoms with Crippen molar-refractivity contribution in [1.82, 2.24) is 10.2 Å². The van der Waals surface area contributed by atoms with Crippen molar-refractivity contribution < 1.29 is 4.79 Å². The first-order chi connectivity index (χ1) is 6.65. The first-order valence-corrected chi connectivity index (χ1v) is 4.12. The lowest BCUT2D eigenvalue weighted by molar-refractivity contribution is -0.122. The van der Waals surface area contributed by atoms with Crippen LogP contribution in [-0.2, 0) is 4.79 Å². The van der Waals surface area contributed by atoms with Crippen molar-refractivity contribution in [2.75, 3.05) is 19.8 Å². The van der Waals surface area contributed by atoms with E-state index in [-0.39, 0.29) is 17.8 Å². The molecule has 7 nitrogen and oxygen atoms in total. The molecule has 1 unspecified atom stereocenters. The third-order valence-corrected chi connectivity index (χ3v) is 2.03. The van der Waals surface area contributed by atoms with Crippen molar-refractivity contribution in [3.8, 4) is 6.19 Å². The number of amides is 1. The van der Waals surface area contributed by atoms with Gasteiger partial charge >= 0.3 is 0 Å². The minimum atomic E-state index is -0.382. The van der Waals surface area contributed by atoms with Crippen molar-refractivity contribution in [1.29, 1.82) is 5.26 Å². The van der Waals surface area contributed by atoms with E-state index in [2.05, 4.69) is 10.3 Å². The number of nitriles is 1. The number of nitrogens with one attached hydrogen (secondary N) is 1. The maximum atomic E-state index is 10.9. The number of primary amides is 1. The molecule has 0 radical (unpaired) electrons. The van der Waals surface area contributed by atoms with Crippen LogP contribution in [0.3, 0.4) is 0 Å². The zero-order chi connectivity index (χ0) is 10.6. The summed E-state index contributed by atoms with van der Waals surface area (Å²) in [4.78, 5) is 15.9. The van der Waals surface area contributed by atoms with Crippen LogP contribution in [0.1, 0.15) is 0 Å². The second kappa shape index (κ2) is 4.43. The van der Waals surface area contributed by atoms with Crippen LogP contribution in [0.2, 0.25) is 0 Å². The number of guanidine groups is 1. The van der Waals surface area contributed by atoms with Gasteiger partial charge < -0.3 is 16.4 Å². The van der Waals surface area contributed by atoms with Crippen LogP contribution in [0.4, 0.5) is 0 Å². The van der Waals surface area contributed by atoms with Crippen molar-refractivity contribution in [3.05, 3.63) is 0 Å². The van der Waals surface area contributed by atoms with Crippen LogP contribution in [-0.4, -0.2) is 36.5 Å². The molecule has 1 aliphatic heterocycles. The van der Waals surface area contributed by atoms with Gasteiger partial charge in [0.2, 0.25) is 18.1 Å². The average Bonchev–Trinajstić information content (AvgIpc) is 2.18. The molecular formula is C7H12N6O. The summed E-state index contributed by atoms with van der Waals surface area (Å²) < 4.78 is 0. The van der Waals surface area contributed by atoms with Gasteiger partial charge in [0, 0.05) is 13.1 Å². The number of aliphatic imine (C=N–C) groups is 1. The highest BCUT2D eigenvalue weighted by molar-refractivity contribution is 5.81. The third kappa shape index (κ3) is 2.34. The molecule has 1 heterocycles. The van der Waals surface area contributed by atoms with Gasteiger partial charge in [-0.2, -0.15) is 5.26 Å². The highest BCUT2D eigenvalue weighted by Crippen LogP contribution is 2.03. The topological polar surface area (TPSA) is 121 Å². The Balaban J connectivity index is 2.61. The predicted molar refractivity (Wildman–Crippen MR) is 49.5 cm³/mol. The number of hydrogen-bond acceptors (Lipinski definition) is 4. The molecule has 0 saturated carbocycles. The summed E-state index contributed by atoms with van der Waals surface area (Å²) in [7, 11) is 0. The van der Waals surface area contributed by atoms with Crippen LogP contribution in [0.15, 0.2) is 4.99 Å². The highest BCUT2D eigenvalue weighted by Gasteiger charge is 2.24. The Hall–Kier alpha value is -1.81. The largest absolute Gasteiger partial charge is 0.369 e. The lowest BCUT2D eigenvalue weighted by Crippen LogP contribution is -2.54. The van der Waals surface area contributed by atoms with Crippen LogP contribution in [0.25, 0.3) is 0 Å². The lowest BCUT2D eigenvalue weighted by Gasteiger charge is -2.32. The number of carbonyl (C=O) groups is 1. The van der Waals surface area contributed by atoms with E-state index in [0.717, 1.165) is 0 Å². The maximum absolute atomic E-state index is 10.9. The minimum absolute atomic E-state index is 0.103. The van der Waals surface area contributed by atoms with Gasteiger partial charge in [0.05, 0.1) is 12.6 Å². The molecule has 1 atom stereocenters. The fourth-order valence-electron chi connectivity index (χ4n) is 1.26. The third-order valence-electron chi connectivity index (χ3n) is 2.03. The molecule has 1 amide bonds. The summed E-state index contributed by atoms with van der Waals surface area (Å²) in [6, 6.07) is 0. The Bertz CT molecular complexity index is 293. The number of hydrogen-bond donors (Lipinski definition) is 3. The number of rotatable bonds is 1. The fraction of sp³-hybridized carbons (Fsp3) is 0.571. The number of nitrogens with zero attached hydrogens (tertiary/aromatic N) is 3. The maximum Gasteiger partial charge on any atom is 0.223 e. The summed E-state index contributed by atoms with van der Waals surface area (Å²) in [5.41, 5.74) is 10.6. The van der Waals surface area contributed by atoms with Crippen LogP contribution < -0.4 is 16.8 Å². The Morgan fingerprint density at radius 1 is 1.64 bits per heavy atom. The van der Waals surface area contributed by atoms with E-state index >= 15 is 0 Å². The minimum Gasteiger partial charge on any atom is -0.369 e. The van der Waals surface area contributed by atoms with Gasteiger partial charge in [-0.3, -0.25) is 10.1 Å². The van der Waals surface area contributed by atoms with E-state index in [1.165, 1.54) is 0 Å². The summed E-state index contributed by atoms with van der Waals surface area (Å²) >= 11 is 0. The second-order valence-corrected chi connectivity index (χ2v) is 3.00. The van der Waals surface area contributed by atoms with Gasteiger partial charge in [0.25, 0.3) is 0 Å². The summed E-state index contributed by atoms with van der Waals surface area (Å²) in [5.74, 6) is -0.575. The van der Waals surface area contributed by atoms with E-state index in [9.17, 15) is 4.79 Å². The first kappa shape index (κ1) is 10.3.